The van der Waals surface area contributed by atoms with Crippen LogP contribution in [0.15, 0.2) is 36.4 Å². The molecule has 0 bridgehead atoms. The van der Waals surface area contributed by atoms with E-state index in [0.29, 0.717) is 17.0 Å². The van der Waals surface area contributed by atoms with Crippen LogP contribution in [0.4, 0.5) is 4.39 Å². The molecule has 0 amide bonds. The van der Waals surface area contributed by atoms with Crippen LogP contribution in [0.5, 0.6) is 0 Å². The number of carbonyl (C=O) groups excluding carboxylic acids is 1. The summed E-state index contributed by atoms with van der Waals surface area (Å²) in [6, 6.07) is 10.7. The number of hydrogen-bond donors (Lipinski definition) is 1. The standard InChI is InChI=1S/C25H29FO3/c1-16-3-8-22(24(27)14-19-7-12-23(26)17(2)13-19)15-21(16)11-6-18-4-9-20(10-5-18)25(28)29/h3,7-8,12-13,15,18,20H,4-6,9-11,14H2,1-2H3,(H,28,29). The van der Waals surface area contributed by atoms with E-state index in [1.165, 1.54) is 17.2 Å². The summed E-state index contributed by atoms with van der Waals surface area (Å²) in [5.41, 5.74) is 4.44. The average Bonchev–Trinajstić information content (AvgIpc) is 2.70. The van der Waals surface area contributed by atoms with Crippen LogP contribution in [0.1, 0.15) is 64.7 Å². The first kappa shape index (κ1) is 21.2. The van der Waals surface area contributed by atoms with Crippen molar-refractivity contribution in [2.75, 3.05) is 0 Å². The average molecular weight is 397 g/mol. The van der Waals surface area contributed by atoms with E-state index in [-0.39, 0.29) is 23.9 Å². The molecule has 0 heterocycles. The van der Waals surface area contributed by atoms with Gasteiger partial charge in [-0.05, 0) is 92.7 Å². The maximum absolute atomic E-state index is 13.4. The highest BCUT2D eigenvalue weighted by molar-refractivity contribution is 5.97. The minimum atomic E-state index is -0.665. The van der Waals surface area contributed by atoms with Crippen molar-refractivity contribution in [1.29, 1.82) is 0 Å². The number of carbonyl (C=O) groups is 2. The number of halogens is 1. The van der Waals surface area contributed by atoms with Gasteiger partial charge < -0.3 is 5.11 Å². The molecule has 0 atom stereocenters. The molecule has 1 fully saturated rings. The first-order chi connectivity index (χ1) is 13.8. The van der Waals surface area contributed by atoms with E-state index in [9.17, 15) is 14.0 Å². The van der Waals surface area contributed by atoms with Crippen LogP contribution in [-0.2, 0) is 17.6 Å². The molecule has 2 aromatic rings. The van der Waals surface area contributed by atoms with Crippen LogP contribution in [0.2, 0.25) is 0 Å². The molecule has 1 N–H and O–H groups in total. The van der Waals surface area contributed by atoms with E-state index in [0.717, 1.165) is 44.1 Å². The van der Waals surface area contributed by atoms with E-state index < -0.39 is 5.97 Å². The summed E-state index contributed by atoms with van der Waals surface area (Å²) in [5.74, 6) is -0.493. The number of Topliss-reactive ketones (excluding diaryl/α,β-unsaturated/α-hetero) is 1. The van der Waals surface area contributed by atoms with Gasteiger partial charge in [0, 0.05) is 12.0 Å². The third-order valence-corrected chi connectivity index (χ3v) is 6.28. The lowest BCUT2D eigenvalue weighted by Gasteiger charge is -2.26. The molecule has 3 nitrogen and oxygen atoms in total. The zero-order valence-corrected chi connectivity index (χ0v) is 17.2. The number of aliphatic carboxylic acids is 1. The van der Waals surface area contributed by atoms with Gasteiger partial charge in [-0.3, -0.25) is 9.59 Å². The van der Waals surface area contributed by atoms with Crippen LogP contribution in [0, 0.1) is 31.5 Å². The van der Waals surface area contributed by atoms with Crippen molar-refractivity contribution in [3.63, 3.8) is 0 Å². The smallest absolute Gasteiger partial charge is 0.306 e. The molecule has 0 radical (unpaired) electrons. The summed E-state index contributed by atoms with van der Waals surface area (Å²) in [6.07, 6.45) is 5.69. The van der Waals surface area contributed by atoms with Crippen LogP contribution >= 0.6 is 0 Å². The highest BCUT2D eigenvalue weighted by atomic mass is 19.1. The second kappa shape index (κ2) is 9.34. The molecule has 1 aliphatic rings. The number of carboxylic acid groups (broad SMARTS) is 1. The molecule has 0 saturated heterocycles. The fourth-order valence-corrected chi connectivity index (χ4v) is 4.28. The molecule has 3 rings (SSSR count). The first-order valence-corrected chi connectivity index (χ1v) is 10.4. The zero-order chi connectivity index (χ0) is 21.0. The van der Waals surface area contributed by atoms with Gasteiger partial charge in [-0.25, -0.2) is 4.39 Å². The van der Waals surface area contributed by atoms with Gasteiger partial charge in [-0.2, -0.15) is 0 Å². The van der Waals surface area contributed by atoms with Crippen molar-refractivity contribution in [2.24, 2.45) is 11.8 Å². The van der Waals surface area contributed by atoms with Crippen molar-refractivity contribution in [3.8, 4) is 0 Å². The Labute approximate surface area is 172 Å². The van der Waals surface area contributed by atoms with Crippen LogP contribution in [0.25, 0.3) is 0 Å². The van der Waals surface area contributed by atoms with Gasteiger partial charge in [-0.1, -0.05) is 24.3 Å². The topological polar surface area (TPSA) is 54.4 Å². The summed E-state index contributed by atoms with van der Waals surface area (Å²) in [5, 5.41) is 9.14. The number of rotatable bonds is 7. The molecule has 2 aromatic carbocycles. The summed E-state index contributed by atoms with van der Waals surface area (Å²) in [6.45, 7) is 3.77. The van der Waals surface area contributed by atoms with Crippen molar-refractivity contribution >= 4 is 11.8 Å². The lowest BCUT2D eigenvalue weighted by molar-refractivity contribution is -0.143. The third-order valence-electron chi connectivity index (χ3n) is 6.28. The molecule has 1 saturated carbocycles. The molecule has 0 unspecified atom stereocenters. The second-order valence-corrected chi connectivity index (χ2v) is 8.42. The maximum Gasteiger partial charge on any atom is 0.306 e. The first-order valence-electron chi connectivity index (χ1n) is 10.4. The summed E-state index contributed by atoms with van der Waals surface area (Å²) < 4.78 is 13.4. The predicted molar refractivity (Wildman–Crippen MR) is 112 cm³/mol. The SMILES string of the molecule is Cc1cc(CC(=O)c2ccc(C)c(CCC3CCC(C(=O)O)CC3)c2)ccc1F. The maximum atomic E-state index is 13.4. The highest BCUT2D eigenvalue weighted by Crippen LogP contribution is 2.32. The summed E-state index contributed by atoms with van der Waals surface area (Å²) in [4.78, 5) is 23.8. The lowest BCUT2D eigenvalue weighted by atomic mass is 9.79. The van der Waals surface area contributed by atoms with Crippen LogP contribution in [0.3, 0.4) is 0 Å². The quantitative estimate of drug-likeness (QED) is 0.612. The Morgan fingerprint density at radius 2 is 1.72 bits per heavy atom. The largest absolute Gasteiger partial charge is 0.481 e. The second-order valence-electron chi connectivity index (χ2n) is 8.42. The number of carboxylic acids is 1. The summed E-state index contributed by atoms with van der Waals surface area (Å²) in [7, 11) is 0. The molecule has 4 heteroatoms. The van der Waals surface area contributed by atoms with E-state index in [4.69, 9.17) is 5.11 Å². The van der Waals surface area contributed by atoms with Gasteiger partial charge in [0.05, 0.1) is 5.92 Å². The van der Waals surface area contributed by atoms with E-state index in [1.807, 2.05) is 18.2 Å². The lowest BCUT2D eigenvalue weighted by Crippen LogP contribution is -2.21. The van der Waals surface area contributed by atoms with Crippen molar-refractivity contribution < 1.29 is 19.1 Å². The van der Waals surface area contributed by atoms with Gasteiger partial charge in [0.15, 0.2) is 5.78 Å². The highest BCUT2D eigenvalue weighted by Gasteiger charge is 2.25. The molecular formula is C25H29FO3. The Morgan fingerprint density at radius 1 is 1.00 bits per heavy atom. The molecule has 29 heavy (non-hydrogen) atoms. The summed E-state index contributed by atoms with van der Waals surface area (Å²) >= 11 is 0. The van der Waals surface area contributed by atoms with E-state index in [1.54, 1.807) is 19.1 Å². The Morgan fingerprint density at radius 3 is 2.38 bits per heavy atom. The monoisotopic (exact) mass is 396 g/mol. The number of hydrogen-bond acceptors (Lipinski definition) is 2. The van der Waals surface area contributed by atoms with Gasteiger partial charge in [0.1, 0.15) is 5.82 Å². The number of ketones is 1. The van der Waals surface area contributed by atoms with E-state index >= 15 is 0 Å². The molecule has 154 valence electrons. The Bertz CT molecular complexity index is 895. The fraction of sp³-hybridized carbons (Fsp3) is 0.440. The van der Waals surface area contributed by atoms with Gasteiger partial charge >= 0.3 is 5.97 Å². The van der Waals surface area contributed by atoms with E-state index in [2.05, 4.69) is 6.92 Å². The normalized spacial score (nSPS) is 19.1. The van der Waals surface area contributed by atoms with Crippen LogP contribution < -0.4 is 0 Å². The minimum absolute atomic E-state index is 0.0409. The number of aryl methyl sites for hydroxylation is 3. The predicted octanol–water partition coefficient (Wildman–Crippen LogP) is 5.69. The molecule has 1 aliphatic carbocycles. The Balaban J connectivity index is 1.61. The Kier molecular flexibility index (Phi) is 6.83. The van der Waals surface area contributed by atoms with Gasteiger partial charge in [0.25, 0.3) is 0 Å². The molecular weight excluding hydrogens is 367 g/mol. The molecule has 0 aliphatic heterocycles. The van der Waals surface area contributed by atoms with Crippen molar-refractivity contribution in [2.45, 2.75) is 58.8 Å². The van der Waals surface area contributed by atoms with Crippen molar-refractivity contribution in [1.82, 2.24) is 0 Å². The van der Waals surface area contributed by atoms with Gasteiger partial charge in [0.2, 0.25) is 0 Å². The Hall–Kier alpha value is -2.49. The minimum Gasteiger partial charge on any atom is -0.481 e. The fourth-order valence-electron chi connectivity index (χ4n) is 4.28. The van der Waals surface area contributed by atoms with Crippen LogP contribution in [-0.4, -0.2) is 16.9 Å². The van der Waals surface area contributed by atoms with Crippen molar-refractivity contribution in [3.05, 3.63) is 70.0 Å². The molecule has 0 spiro atoms. The number of benzene rings is 2. The molecule has 0 aromatic heterocycles. The zero-order valence-electron chi connectivity index (χ0n) is 17.2. The van der Waals surface area contributed by atoms with Gasteiger partial charge in [-0.15, -0.1) is 0 Å². The third kappa shape index (κ3) is 5.53.